The molecule has 1 spiro atoms. The number of carbonyl (C=O) groups is 2. The number of nitrogens with one attached hydrogen (secondary N) is 1. The van der Waals surface area contributed by atoms with Crippen LogP contribution in [-0.4, -0.2) is 40.8 Å². The van der Waals surface area contributed by atoms with E-state index in [1.54, 1.807) is 12.1 Å². The van der Waals surface area contributed by atoms with Crippen molar-refractivity contribution in [2.75, 3.05) is 13.1 Å². The molecule has 2 amide bonds. The minimum absolute atomic E-state index is 0.184. The van der Waals surface area contributed by atoms with Gasteiger partial charge < -0.3 is 20.1 Å². The van der Waals surface area contributed by atoms with Crippen LogP contribution in [-0.2, 0) is 0 Å². The molecular weight excluding hydrogens is 328 g/mol. The van der Waals surface area contributed by atoms with Crippen molar-refractivity contribution in [3.63, 3.8) is 0 Å². The van der Waals surface area contributed by atoms with E-state index in [9.17, 15) is 9.59 Å². The van der Waals surface area contributed by atoms with Crippen LogP contribution in [0.3, 0.4) is 0 Å². The monoisotopic (exact) mass is 340 g/mol. The zero-order valence-electron chi connectivity index (χ0n) is 10.6. The molecule has 2 aliphatic heterocycles. The Morgan fingerprint density at radius 2 is 2.10 bits per heavy atom. The van der Waals surface area contributed by atoms with E-state index >= 15 is 0 Å². The average molecular weight is 341 g/mol. The highest BCUT2D eigenvalue weighted by Gasteiger charge is 2.43. The van der Waals surface area contributed by atoms with E-state index < -0.39 is 11.8 Å². The van der Waals surface area contributed by atoms with Gasteiger partial charge in [-0.2, -0.15) is 0 Å². The molecule has 1 aromatic carbocycles. The summed E-state index contributed by atoms with van der Waals surface area (Å²) in [6, 6.07) is 5.28. The number of hydrogen-bond donors (Lipinski definition) is 2. The van der Waals surface area contributed by atoms with Crippen LogP contribution in [0.15, 0.2) is 22.7 Å². The molecule has 1 aromatic rings. The van der Waals surface area contributed by atoms with E-state index in [4.69, 9.17) is 9.84 Å². The molecule has 6 nitrogen and oxygen atoms in total. The molecule has 20 heavy (non-hydrogen) atoms. The summed E-state index contributed by atoms with van der Waals surface area (Å²) in [7, 11) is 0. The summed E-state index contributed by atoms with van der Waals surface area (Å²) in [5.41, 5.74) is -0.296. The number of rotatable bonds is 0. The molecule has 0 aliphatic carbocycles. The normalized spacial score (nSPS) is 20.1. The van der Waals surface area contributed by atoms with Gasteiger partial charge in [-0.3, -0.25) is 4.79 Å². The number of carbonyl (C=O) groups excluding carboxylic acids is 1. The Hall–Kier alpha value is -1.76. The van der Waals surface area contributed by atoms with E-state index in [0.29, 0.717) is 37.2 Å². The van der Waals surface area contributed by atoms with E-state index in [-0.39, 0.29) is 5.91 Å². The maximum atomic E-state index is 12.2. The minimum atomic E-state index is -0.939. The molecule has 0 atom stereocenters. The van der Waals surface area contributed by atoms with Crippen molar-refractivity contribution in [3.05, 3.63) is 28.2 Å². The van der Waals surface area contributed by atoms with Crippen LogP contribution in [0.4, 0.5) is 4.79 Å². The predicted molar refractivity (Wildman–Crippen MR) is 73.8 cm³/mol. The molecule has 3 rings (SSSR count). The van der Waals surface area contributed by atoms with E-state index in [2.05, 4.69) is 21.2 Å². The molecule has 0 aromatic heterocycles. The fourth-order valence-electron chi connectivity index (χ4n) is 2.57. The van der Waals surface area contributed by atoms with Crippen molar-refractivity contribution in [1.29, 1.82) is 0 Å². The van der Waals surface area contributed by atoms with Gasteiger partial charge in [0.05, 0.1) is 5.56 Å². The quantitative estimate of drug-likeness (QED) is 0.757. The summed E-state index contributed by atoms with van der Waals surface area (Å²) in [4.78, 5) is 24.4. The molecule has 0 saturated carbocycles. The molecule has 0 bridgehead atoms. The van der Waals surface area contributed by atoms with Crippen molar-refractivity contribution in [2.45, 2.75) is 18.6 Å². The highest BCUT2D eigenvalue weighted by molar-refractivity contribution is 9.10. The molecule has 2 aliphatic rings. The summed E-state index contributed by atoms with van der Waals surface area (Å²) in [6.45, 7) is 0.697. The highest BCUT2D eigenvalue weighted by atomic mass is 79.9. The first-order chi connectivity index (χ1) is 9.49. The molecule has 2 N–H and O–H groups in total. The van der Waals surface area contributed by atoms with Crippen molar-refractivity contribution < 1.29 is 19.4 Å². The first-order valence-electron chi connectivity index (χ1n) is 6.28. The van der Waals surface area contributed by atoms with Crippen LogP contribution in [0.5, 0.6) is 5.75 Å². The van der Waals surface area contributed by atoms with Crippen LogP contribution in [0.2, 0.25) is 0 Å². The Morgan fingerprint density at radius 3 is 2.75 bits per heavy atom. The van der Waals surface area contributed by atoms with Crippen molar-refractivity contribution >= 4 is 27.9 Å². The molecular formula is C13H13BrN2O4. The van der Waals surface area contributed by atoms with Crippen LogP contribution in [0.1, 0.15) is 23.2 Å². The summed E-state index contributed by atoms with van der Waals surface area (Å²) in [6.07, 6.45) is -0.0486. The second-order valence-electron chi connectivity index (χ2n) is 4.96. The average Bonchev–Trinajstić information content (AvgIpc) is 2.40. The van der Waals surface area contributed by atoms with Crippen molar-refractivity contribution in [2.24, 2.45) is 0 Å². The Morgan fingerprint density at radius 1 is 1.40 bits per heavy atom. The molecule has 0 radical (unpaired) electrons. The fraction of sp³-hybridized carbons (Fsp3) is 0.385. The van der Waals surface area contributed by atoms with E-state index in [1.807, 2.05) is 6.07 Å². The first kappa shape index (κ1) is 13.2. The number of hydrogen-bond acceptors (Lipinski definition) is 3. The molecule has 7 heteroatoms. The smallest absolute Gasteiger partial charge is 0.407 e. The van der Waals surface area contributed by atoms with Crippen molar-refractivity contribution in [3.8, 4) is 5.75 Å². The Balaban J connectivity index is 1.83. The number of carboxylic acid groups (broad SMARTS) is 1. The lowest BCUT2D eigenvalue weighted by Crippen LogP contribution is -2.61. The van der Waals surface area contributed by atoms with E-state index in [0.717, 1.165) is 4.47 Å². The Bertz CT molecular complexity index is 582. The van der Waals surface area contributed by atoms with Gasteiger partial charge in [-0.1, -0.05) is 15.9 Å². The topological polar surface area (TPSA) is 78.9 Å². The van der Waals surface area contributed by atoms with Gasteiger partial charge in [0.2, 0.25) is 0 Å². The SMILES string of the molecule is O=C1NC2(CCN(C(=O)O)CC2)Oc2ccc(Br)cc21. The zero-order valence-corrected chi connectivity index (χ0v) is 12.1. The van der Waals surface area contributed by atoms with Gasteiger partial charge in [0, 0.05) is 30.4 Å². The number of benzene rings is 1. The summed E-state index contributed by atoms with van der Waals surface area (Å²) < 4.78 is 6.75. The van der Waals surface area contributed by atoms with Gasteiger partial charge in [0.25, 0.3) is 5.91 Å². The number of nitrogens with zero attached hydrogens (tertiary/aromatic N) is 1. The number of piperidine rings is 1. The molecule has 1 fully saturated rings. The van der Waals surface area contributed by atoms with Crippen molar-refractivity contribution in [1.82, 2.24) is 10.2 Å². The number of halogens is 1. The van der Waals surface area contributed by atoms with Crippen LogP contribution >= 0.6 is 15.9 Å². The van der Waals surface area contributed by atoms with Gasteiger partial charge >= 0.3 is 6.09 Å². The number of ether oxygens (including phenoxy) is 1. The maximum absolute atomic E-state index is 12.2. The molecule has 2 heterocycles. The van der Waals surface area contributed by atoms with Crippen LogP contribution < -0.4 is 10.1 Å². The largest absolute Gasteiger partial charge is 0.467 e. The lowest BCUT2D eigenvalue weighted by Gasteiger charge is -2.43. The first-order valence-corrected chi connectivity index (χ1v) is 7.07. The Kier molecular flexibility index (Phi) is 3.08. The Labute approximate surface area is 123 Å². The fourth-order valence-corrected chi connectivity index (χ4v) is 2.93. The number of amides is 2. The summed E-state index contributed by atoms with van der Waals surface area (Å²) in [5.74, 6) is 0.358. The molecule has 1 saturated heterocycles. The van der Waals surface area contributed by atoms with Crippen LogP contribution in [0, 0.1) is 0 Å². The second kappa shape index (κ2) is 4.66. The number of fused-ring (bicyclic) bond motifs is 1. The van der Waals surface area contributed by atoms with Gasteiger partial charge in [-0.15, -0.1) is 0 Å². The summed E-state index contributed by atoms with van der Waals surface area (Å²) in [5, 5.41) is 11.8. The van der Waals surface area contributed by atoms with Gasteiger partial charge in [-0.25, -0.2) is 4.79 Å². The minimum Gasteiger partial charge on any atom is -0.467 e. The molecule has 0 unspecified atom stereocenters. The van der Waals surface area contributed by atoms with Gasteiger partial charge in [0.1, 0.15) is 5.75 Å². The lowest BCUT2D eigenvalue weighted by molar-refractivity contribution is -0.0248. The lowest BCUT2D eigenvalue weighted by atomic mass is 9.97. The third kappa shape index (κ3) is 2.22. The predicted octanol–water partition coefficient (Wildman–Crippen LogP) is 2.04. The maximum Gasteiger partial charge on any atom is 0.407 e. The van der Waals surface area contributed by atoms with E-state index in [1.165, 1.54) is 4.90 Å². The van der Waals surface area contributed by atoms with Gasteiger partial charge in [0.15, 0.2) is 5.72 Å². The second-order valence-corrected chi connectivity index (χ2v) is 5.88. The zero-order chi connectivity index (χ0) is 14.3. The third-order valence-corrected chi connectivity index (χ3v) is 4.17. The van der Waals surface area contributed by atoms with Crippen LogP contribution in [0.25, 0.3) is 0 Å². The standard InChI is InChI=1S/C13H13BrN2O4/c14-8-1-2-10-9(7-8)11(17)15-13(20-10)3-5-16(6-4-13)12(18)19/h1-2,7H,3-6H2,(H,15,17)(H,18,19). The highest BCUT2D eigenvalue weighted by Crippen LogP contribution is 2.34. The summed E-state index contributed by atoms with van der Waals surface area (Å²) >= 11 is 3.32. The van der Waals surface area contributed by atoms with Gasteiger partial charge in [-0.05, 0) is 18.2 Å². The third-order valence-electron chi connectivity index (χ3n) is 3.67. The number of likely N-dealkylation sites (tertiary alicyclic amines) is 1. The molecule has 106 valence electrons.